The number of nitrogens with zero attached hydrogens (tertiary/aromatic N) is 5. The van der Waals surface area contributed by atoms with Crippen molar-refractivity contribution in [3.8, 4) is 11.3 Å². The Labute approximate surface area is 161 Å². The highest BCUT2D eigenvalue weighted by molar-refractivity contribution is 5.84. The number of aromatic nitrogens is 5. The van der Waals surface area contributed by atoms with E-state index in [9.17, 15) is 9.18 Å². The average Bonchev–Trinajstić information content (AvgIpc) is 3.32. The molecule has 0 amide bonds. The zero-order chi connectivity index (χ0) is 19.5. The minimum absolute atomic E-state index is 0.0363. The van der Waals surface area contributed by atoms with Gasteiger partial charge in [0.05, 0.1) is 18.1 Å². The van der Waals surface area contributed by atoms with Gasteiger partial charge in [0.1, 0.15) is 5.82 Å². The van der Waals surface area contributed by atoms with Gasteiger partial charge in [-0.2, -0.15) is 5.10 Å². The number of piperidine rings is 1. The summed E-state index contributed by atoms with van der Waals surface area (Å²) in [5, 5.41) is 23.7. The molecular formula is C19H21FN6O2. The second-order valence-electron chi connectivity index (χ2n) is 7.15. The molecule has 1 unspecified atom stereocenters. The lowest BCUT2D eigenvalue weighted by Gasteiger charge is -2.32. The number of nitrogens with one attached hydrogen (secondary N) is 1. The number of aromatic amines is 1. The number of hydrogen-bond acceptors (Lipinski definition) is 5. The van der Waals surface area contributed by atoms with Crippen LogP contribution in [0.3, 0.4) is 0 Å². The number of likely N-dealkylation sites (tertiary alicyclic amines) is 1. The van der Waals surface area contributed by atoms with Gasteiger partial charge in [0.25, 0.3) is 0 Å². The monoisotopic (exact) mass is 384 g/mol. The van der Waals surface area contributed by atoms with E-state index in [4.69, 9.17) is 5.11 Å². The van der Waals surface area contributed by atoms with Crippen molar-refractivity contribution < 1.29 is 14.3 Å². The minimum atomic E-state index is -1.07. The summed E-state index contributed by atoms with van der Waals surface area (Å²) in [4.78, 5) is 13.3. The van der Waals surface area contributed by atoms with Gasteiger partial charge >= 0.3 is 5.97 Å². The maximum absolute atomic E-state index is 13.6. The van der Waals surface area contributed by atoms with Gasteiger partial charge in [-0.05, 0) is 37.4 Å². The SMILES string of the molecule is O=C(O)c1cn(CC2CCCN(Cc3cn[nH]c3-c3cccc(F)c3)C2)nn1. The summed E-state index contributed by atoms with van der Waals surface area (Å²) in [6, 6.07) is 6.48. The van der Waals surface area contributed by atoms with Crippen LogP contribution in [-0.2, 0) is 13.1 Å². The van der Waals surface area contributed by atoms with Crippen LogP contribution in [0.5, 0.6) is 0 Å². The average molecular weight is 384 g/mol. The molecule has 3 aromatic rings. The van der Waals surface area contributed by atoms with Gasteiger partial charge in [-0.25, -0.2) is 9.18 Å². The van der Waals surface area contributed by atoms with Crippen molar-refractivity contribution in [3.63, 3.8) is 0 Å². The Hall–Kier alpha value is -3.07. The largest absolute Gasteiger partial charge is 0.476 e. The van der Waals surface area contributed by atoms with Gasteiger partial charge in [0, 0.05) is 30.8 Å². The first-order chi connectivity index (χ1) is 13.6. The van der Waals surface area contributed by atoms with E-state index >= 15 is 0 Å². The maximum atomic E-state index is 13.6. The number of carboxylic acid groups (broad SMARTS) is 1. The third-order valence-corrected chi connectivity index (χ3v) is 5.03. The molecule has 0 saturated carbocycles. The predicted octanol–water partition coefficient (Wildman–Crippen LogP) is 2.42. The number of halogens is 1. The summed E-state index contributed by atoms with van der Waals surface area (Å²) < 4.78 is 15.2. The van der Waals surface area contributed by atoms with E-state index in [-0.39, 0.29) is 11.5 Å². The van der Waals surface area contributed by atoms with E-state index in [1.807, 2.05) is 6.07 Å². The standard InChI is InChI=1S/C19H21FN6O2/c20-16-5-1-4-14(7-16)18-15(8-21-23-18)11-25-6-2-3-13(9-25)10-26-12-17(19(27)28)22-24-26/h1,4-5,7-8,12-13H,2-3,6,9-11H2,(H,21,23)(H,27,28). The number of hydrogen-bond donors (Lipinski definition) is 2. The van der Waals surface area contributed by atoms with Gasteiger partial charge in [0.15, 0.2) is 5.69 Å². The lowest BCUT2D eigenvalue weighted by atomic mass is 9.97. The highest BCUT2D eigenvalue weighted by Crippen LogP contribution is 2.25. The lowest BCUT2D eigenvalue weighted by Crippen LogP contribution is -2.36. The normalized spacial score (nSPS) is 17.7. The molecule has 28 heavy (non-hydrogen) atoms. The fourth-order valence-corrected chi connectivity index (χ4v) is 3.76. The molecular weight excluding hydrogens is 363 g/mol. The van der Waals surface area contributed by atoms with Crippen LogP contribution in [0.1, 0.15) is 28.9 Å². The number of benzene rings is 1. The molecule has 0 spiro atoms. The smallest absolute Gasteiger partial charge is 0.358 e. The van der Waals surface area contributed by atoms with Crippen LogP contribution >= 0.6 is 0 Å². The minimum Gasteiger partial charge on any atom is -0.476 e. The molecule has 0 aliphatic carbocycles. The Bertz CT molecular complexity index is 969. The van der Waals surface area contributed by atoms with Crippen molar-refractivity contribution >= 4 is 5.97 Å². The summed E-state index contributed by atoms with van der Waals surface area (Å²) in [5.41, 5.74) is 2.61. The van der Waals surface area contributed by atoms with Gasteiger partial charge in [-0.1, -0.05) is 17.3 Å². The van der Waals surface area contributed by atoms with Crippen LogP contribution in [0.2, 0.25) is 0 Å². The van der Waals surface area contributed by atoms with Crippen molar-refractivity contribution in [2.75, 3.05) is 13.1 Å². The van der Waals surface area contributed by atoms with E-state index in [0.29, 0.717) is 12.5 Å². The molecule has 0 bridgehead atoms. The van der Waals surface area contributed by atoms with Crippen molar-refractivity contribution in [1.82, 2.24) is 30.1 Å². The van der Waals surface area contributed by atoms with Gasteiger partial charge in [-0.3, -0.25) is 14.7 Å². The Morgan fingerprint density at radius 3 is 3.07 bits per heavy atom. The predicted molar refractivity (Wildman–Crippen MR) is 99.0 cm³/mol. The Morgan fingerprint density at radius 1 is 1.39 bits per heavy atom. The molecule has 1 atom stereocenters. The molecule has 1 aromatic carbocycles. The first kappa shape index (κ1) is 18.3. The number of rotatable bonds is 6. The fourth-order valence-electron chi connectivity index (χ4n) is 3.76. The molecule has 2 N–H and O–H groups in total. The molecule has 1 aliphatic rings. The van der Waals surface area contributed by atoms with Gasteiger partial charge in [0.2, 0.25) is 0 Å². The first-order valence-electron chi connectivity index (χ1n) is 9.22. The highest BCUT2D eigenvalue weighted by Gasteiger charge is 2.23. The van der Waals surface area contributed by atoms with Crippen LogP contribution in [0, 0.1) is 11.7 Å². The lowest BCUT2D eigenvalue weighted by molar-refractivity contribution is 0.0690. The summed E-state index contributed by atoms with van der Waals surface area (Å²) in [6.07, 6.45) is 5.37. The Kier molecular flexibility index (Phi) is 5.16. The molecule has 1 fully saturated rings. The number of H-pyrrole nitrogens is 1. The van der Waals surface area contributed by atoms with Crippen molar-refractivity contribution in [2.45, 2.75) is 25.9 Å². The highest BCUT2D eigenvalue weighted by atomic mass is 19.1. The molecule has 8 nitrogen and oxygen atoms in total. The quantitative estimate of drug-likeness (QED) is 0.677. The molecule has 146 valence electrons. The van der Waals surface area contributed by atoms with E-state index < -0.39 is 5.97 Å². The number of carbonyl (C=O) groups is 1. The molecule has 1 saturated heterocycles. The van der Waals surface area contributed by atoms with Crippen LogP contribution in [0.25, 0.3) is 11.3 Å². The summed E-state index contributed by atoms with van der Waals surface area (Å²) in [7, 11) is 0. The Balaban J connectivity index is 1.42. The fraction of sp³-hybridized carbons (Fsp3) is 0.368. The van der Waals surface area contributed by atoms with E-state index in [1.54, 1.807) is 16.9 Å². The van der Waals surface area contributed by atoms with Crippen molar-refractivity contribution in [3.05, 3.63) is 53.7 Å². The molecule has 0 radical (unpaired) electrons. The second kappa shape index (κ2) is 7.89. The van der Waals surface area contributed by atoms with Crippen LogP contribution in [0.15, 0.2) is 36.7 Å². The van der Waals surface area contributed by atoms with E-state index in [0.717, 1.165) is 49.3 Å². The topological polar surface area (TPSA) is 99.9 Å². The third kappa shape index (κ3) is 4.09. The van der Waals surface area contributed by atoms with Crippen LogP contribution in [0.4, 0.5) is 4.39 Å². The van der Waals surface area contributed by atoms with E-state index in [2.05, 4.69) is 25.4 Å². The molecule has 1 aliphatic heterocycles. The van der Waals surface area contributed by atoms with Crippen molar-refractivity contribution in [1.29, 1.82) is 0 Å². The summed E-state index contributed by atoms with van der Waals surface area (Å²) in [5.74, 6) is -0.979. The number of carboxylic acids is 1. The molecule has 4 rings (SSSR count). The van der Waals surface area contributed by atoms with Crippen LogP contribution in [-0.4, -0.2) is 54.3 Å². The zero-order valence-electron chi connectivity index (χ0n) is 15.3. The van der Waals surface area contributed by atoms with Gasteiger partial charge in [-0.15, -0.1) is 5.10 Å². The van der Waals surface area contributed by atoms with Gasteiger partial charge < -0.3 is 5.11 Å². The summed E-state index contributed by atoms with van der Waals surface area (Å²) >= 11 is 0. The first-order valence-corrected chi connectivity index (χ1v) is 9.22. The Morgan fingerprint density at radius 2 is 2.29 bits per heavy atom. The van der Waals surface area contributed by atoms with Crippen LogP contribution < -0.4 is 0 Å². The second-order valence-corrected chi connectivity index (χ2v) is 7.15. The van der Waals surface area contributed by atoms with Crippen molar-refractivity contribution in [2.24, 2.45) is 5.92 Å². The molecule has 9 heteroatoms. The molecule has 2 aromatic heterocycles. The third-order valence-electron chi connectivity index (χ3n) is 5.03. The number of aromatic carboxylic acids is 1. The summed E-state index contributed by atoms with van der Waals surface area (Å²) in [6.45, 7) is 3.20. The molecule has 3 heterocycles. The van der Waals surface area contributed by atoms with E-state index in [1.165, 1.54) is 18.3 Å². The zero-order valence-corrected chi connectivity index (χ0v) is 15.3. The maximum Gasteiger partial charge on any atom is 0.358 e.